The van der Waals surface area contributed by atoms with E-state index in [0.717, 1.165) is 11.3 Å². The van der Waals surface area contributed by atoms with Gasteiger partial charge in [0.15, 0.2) is 0 Å². The summed E-state index contributed by atoms with van der Waals surface area (Å²) in [5.41, 5.74) is 7.19. The number of imidazole rings is 1. The molecule has 3 N–H and O–H groups in total. The Kier molecular flexibility index (Phi) is 1.90. The highest BCUT2D eigenvalue weighted by molar-refractivity contribution is 6.35. The van der Waals surface area contributed by atoms with E-state index in [1.165, 1.54) is 0 Å². The number of hydrogen-bond donors (Lipinski definition) is 2. The first-order chi connectivity index (χ1) is 6.29. The second kappa shape index (κ2) is 3.06. The Morgan fingerprint density at radius 2 is 2.31 bits per heavy atom. The normalized spacial score (nSPS) is 10.2. The van der Waals surface area contributed by atoms with E-state index in [1.807, 2.05) is 0 Å². The minimum atomic E-state index is 0.328. The summed E-state index contributed by atoms with van der Waals surface area (Å²) in [5, 5.41) is 0.451. The van der Waals surface area contributed by atoms with E-state index in [-0.39, 0.29) is 0 Å². The molecule has 5 heteroatoms. The Balaban J connectivity index is 2.59. The molecule has 66 valence electrons. The van der Waals surface area contributed by atoms with Crippen LogP contribution in [0.4, 0.5) is 5.82 Å². The molecule has 4 nitrogen and oxygen atoms in total. The molecule has 0 atom stereocenters. The van der Waals surface area contributed by atoms with Gasteiger partial charge in [0, 0.05) is 11.8 Å². The third kappa shape index (κ3) is 1.36. The van der Waals surface area contributed by atoms with Crippen LogP contribution in [0.2, 0.25) is 5.02 Å². The van der Waals surface area contributed by atoms with Crippen molar-refractivity contribution in [3.8, 4) is 11.3 Å². The molecule has 0 amide bonds. The highest BCUT2D eigenvalue weighted by Gasteiger charge is 2.07. The fourth-order valence-electron chi connectivity index (χ4n) is 1.07. The van der Waals surface area contributed by atoms with E-state index >= 15 is 0 Å². The van der Waals surface area contributed by atoms with Gasteiger partial charge in [-0.2, -0.15) is 0 Å². The van der Waals surface area contributed by atoms with Crippen molar-refractivity contribution in [1.29, 1.82) is 0 Å². The van der Waals surface area contributed by atoms with Gasteiger partial charge in [0.05, 0.1) is 23.2 Å². The maximum atomic E-state index is 5.95. The molecule has 2 aromatic heterocycles. The molecule has 0 aromatic carbocycles. The summed E-state index contributed by atoms with van der Waals surface area (Å²) in [4.78, 5) is 10.7. The van der Waals surface area contributed by atoms with E-state index in [0.29, 0.717) is 10.8 Å². The average molecular weight is 195 g/mol. The Morgan fingerprint density at radius 1 is 1.46 bits per heavy atom. The number of H-pyrrole nitrogens is 1. The lowest BCUT2D eigenvalue weighted by Gasteiger charge is -2.02. The van der Waals surface area contributed by atoms with E-state index < -0.39 is 0 Å². The largest absolute Gasteiger partial charge is 0.382 e. The molecule has 0 radical (unpaired) electrons. The van der Waals surface area contributed by atoms with Gasteiger partial charge in [-0.3, -0.25) is 0 Å². The van der Waals surface area contributed by atoms with E-state index in [9.17, 15) is 0 Å². The first-order valence-corrected chi connectivity index (χ1v) is 4.05. The zero-order valence-electron chi connectivity index (χ0n) is 6.66. The van der Waals surface area contributed by atoms with Crippen LogP contribution < -0.4 is 5.73 Å². The third-order valence-electron chi connectivity index (χ3n) is 1.70. The quantitative estimate of drug-likeness (QED) is 0.726. The summed E-state index contributed by atoms with van der Waals surface area (Å²) < 4.78 is 0. The molecule has 0 saturated carbocycles. The lowest BCUT2D eigenvalue weighted by molar-refractivity contribution is 1.30. The Bertz CT molecular complexity index is 410. The minimum Gasteiger partial charge on any atom is -0.382 e. The molecular weight excluding hydrogens is 188 g/mol. The second-order valence-electron chi connectivity index (χ2n) is 2.52. The highest BCUT2D eigenvalue weighted by Crippen LogP contribution is 2.28. The van der Waals surface area contributed by atoms with Gasteiger partial charge in [-0.15, -0.1) is 0 Å². The van der Waals surface area contributed by atoms with Gasteiger partial charge in [0.1, 0.15) is 5.82 Å². The van der Waals surface area contributed by atoms with Crippen LogP contribution in [0, 0.1) is 0 Å². The maximum absolute atomic E-state index is 5.95. The second-order valence-corrected chi connectivity index (χ2v) is 2.90. The fraction of sp³-hybridized carbons (Fsp3) is 0. The zero-order valence-corrected chi connectivity index (χ0v) is 7.42. The van der Waals surface area contributed by atoms with Crippen molar-refractivity contribution in [1.82, 2.24) is 15.0 Å². The molecule has 2 aromatic rings. The number of aromatic amines is 1. The predicted molar refractivity (Wildman–Crippen MR) is 51.2 cm³/mol. The summed E-state index contributed by atoms with van der Waals surface area (Å²) in [5.74, 6) is 0.328. The zero-order chi connectivity index (χ0) is 9.26. The highest BCUT2D eigenvalue weighted by atomic mass is 35.5. The molecule has 13 heavy (non-hydrogen) atoms. The van der Waals surface area contributed by atoms with Crippen LogP contribution in [-0.2, 0) is 0 Å². The monoisotopic (exact) mass is 194 g/mol. The predicted octanol–water partition coefficient (Wildman–Crippen LogP) is 1.71. The van der Waals surface area contributed by atoms with Gasteiger partial charge >= 0.3 is 0 Å². The summed E-state index contributed by atoms with van der Waals surface area (Å²) in [6.45, 7) is 0. The topological polar surface area (TPSA) is 67.6 Å². The number of nitrogens with two attached hydrogens (primary N) is 1. The summed E-state index contributed by atoms with van der Waals surface area (Å²) in [6, 6.07) is 1.78. The molecule has 0 fully saturated rings. The van der Waals surface area contributed by atoms with Crippen molar-refractivity contribution in [2.45, 2.75) is 0 Å². The number of nitrogen functional groups attached to an aromatic ring is 1. The standard InChI is InChI=1S/C8H7ClN4/c9-7-5(1-2-12-8(7)10)6-3-11-4-13-6/h1-4H,(H2,10,12)(H,11,13). The van der Waals surface area contributed by atoms with Crippen LogP contribution in [0.5, 0.6) is 0 Å². The van der Waals surface area contributed by atoms with E-state index in [1.54, 1.807) is 24.8 Å². The fourth-order valence-corrected chi connectivity index (χ4v) is 1.28. The van der Waals surface area contributed by atoms with Gasteiger partial charge in [-0.25, -0.2) is 9.97 Å². The number of halogens is 1. The molecule has 2 rings (SSSR count). The molecule has 2 heterocycles. The maximum Gasteiger partial charge on any atom is 0.142 e. The van der Waals surface area contributed by atoms with E-state index in [4.69, 9.17) is 17.3 Å². The van der Waals surface area contributed by atoms with Crippen LogP contribution in [0.15, 0.2) is 24.8 Å². The van der Waals surface area contributed by atoms with Crippen LogP contribution in [0.3, 0.4) is 0 Å². The molecule has 0 aliphatic rings. The molecule has 0 aliphatic heterocycles. The number of aromatic nitrogens is 3. The average Bonchev–Trinajstić information content (AvgIpc) is 2.62. The summed E-state index contributed by atoms with van der Waals surface area (Å²) in [7, 11) is 0. The number of rotatable bonds is 1. The first-order valence-electron chi connectivity index (χ1n) is 3.68. The van der Waals surface area contributed by atoms with Crippen molar-refractivity contribution >= 4 is 17.4 Å². The molecular formula is C8H7ClN4. The van der Waals surface area contributed by atoms with Crippen molar-refractivity contribution in [3.63, 3.8) is 0 Å². The van der Waals surface area contributed by atoms with Crippen LogP contribution in [0.1, 0.15) is 0 Å². The summed E-state index contributed by atoms with van der Waals surface area (Å²) in [6.07, 6.45) is 4.88. The van der Waals surface area contributed by atoms with Crippen molar-refractivity contribution in [3.05, 3.63) is 29.8 Å². The van der Waals surface area contributed by atoms with Crippen LogP contribution in [-0.4, -0.2) is 15.0 Å². The SMILES string of the molecule is Nc1nccc(-c2cnc[nH]2)c1Cl. The van der Waals surface area contributed by atoms with Gasteiger partial charge in [0.25, 0.3) is 0 Å². The van der Waals surface area contributed by atoms with Gasteiger partial charge in [-0.05, 0) is 6.07 Å². The van der Waals surface area contributed by atoms with Crippen LogP contribution >= 0.6 is 11.6 Å². The van der Waals surface area contributed by atoms with Gasteiger partial charge in [-0.1, -0.05) is 11.6 Å². The van der Waals surface area contributed by atoms with Crippen LogP contribution in [0.25, 0.3) is 11.3 Å². The molecule has 0 spiro atoms. The number of hydrogen-bond acceptors (Lipinski definition) is 3. The number of nitrogens with one attached hydrogen (secondary N) is 1. The summed E-state index contributed by atoms with van der Waals surface area (Å²) >= 11 is 5.95. The molecule has 0 aliphatic carbocycles. The molecule has 0 bridgehead atoms. The lowest BCUT2D eigenvalue weighted by Crippen LogP contribution is -1.92. The minimum absolute atomic E-state index is 0.328. The number of nitrogens with zero attached hydrogens (tertiary/aromatic N) is 2. The van der Waals surface area contributed by atoms with Crippen molar-refractivity contribution in [2.75, 3.05) is 5.73 Å². The number of pyridine rings is 1. The van der Waals surface area contributed by atoms with Gasteiger partial charge in [0.2, 0.25) is 0 Å². The smallest absolute Gasteiger partial charge is 0.142 e. The van der Waals surface area contributed by atoms with Crippen molar-refractivity contribution in [2.24, 2.45) is 0 Å². The Morgan fingerprint density at radius 3 is 3.00 bits per heavy atom. The molecule has 0 unspecified atom stereocenters. The molecule has 0 saturated heterocycles. The first kappa shape index (κ1) is 8.07. The Labute approximate surface area is 79.8 Å². The third-order valence-corrected chi connectivity index (χ3v) is 2.10. The Hall–Kier alpha value is -1.55. The van der Waals surface area contributed by atoms with Crippen molar-refractivity contribution < 1.29 is 0 Å². The van der Waals surface area contributed by atoms with E-state index in [2.05, 4.69) is 15.0 Å². The lowest BCUT2D eigenvalue weighted by atomic mass is 10.2. The van der Waals surface area contributed by atoms with Gasteiger partial charge < -0.3 is 10.7 Å². The number of anilines is 1.